The fourth-order valence-electron chi connectivity index (χ4n) is 1.99. The third kappa shape index (κ3) is 4.59. The number of ether oxygens (including phenoxy) is 1. The van der Waals surface area contributed by atoms with E-state index in [0.717, 1.165) is 0 Å². The minimum atomic E-state index is -1.01. The highest BCUT2D eigenvalue weighted by Gasteiger charge is 2.34. The number of hydrogen-bond donors (Lipinski definition) is 2. The van der Waals surface area contributed by atoms with Gasteiger partial charge in [0.25, 0.3) is 0 Å². The highest BCUT2D eigenvalue weighted by Crippen LogP contribution is 2.17. The van der Waals surface area contributed by atoms with Crippen molar-refractivity contribution < 1.29 is 24.5 Å². The molecule has 1 atom stereocenters. The number of carbonyl (C=O) groups is 2. The van der Waals surface area contributed by atoms with Crippen molar-refractivity contribution in [2.75, 3.05) is 26.2 Å². The Balaban J connectivity index is 2.71. The highest BCUT2D eigenvalue weighted by atomic mass is 16.6. The van der Waals surface area contributed by atoms with Crippen LogP contribution in [0.2, 0.25) is 0 Å². The second kappa shape index (κ2) is 6.10. The maximum atomic E-state index is 12.0. The van der Waals surface area contributed by atoms with Crippen molar-refractivity contribution in [3.8, 4) is 0 Å². The number of nitrogens with zero attached hydrogens (tertiary/aromatic N) is 2. The minimum absolute atomic E-state index is 0.0998. The molecule has 2 N–H and O–H groups in total. The zero-order valence-corrected chi connectivity index (χ0v) is 11.6. The van der Waals surface area contributed by atoms with E-state index in [1.165, 1.54) is 9.80 Å². The maximum absolute atomic E-state index is 12.0. The Labute approximate surface area is 112 Å². The molecule has 0 aromatic rings. The molecular formula is C12H22N2O5. The molecule has 0 aromatic carbocycles. The number of piperazine rings is 1. The number of hydrogen-bond acceptors (Lipinski definition) is 4. The molecule has 19 heavy (non-hydrogen) atoms. The molecule has 0 aliphatic carbocycles. The Kier molecular flexibility index (Phi) is 4.99. The highest BCUT2D eigenvalue weighted by molar-refractivity contribution is 5.70. The number of aliphatic hydroxyl groups is 1. The van der Waals surface area contributed by atoms with Crippen LogP contribution >= 0.6 is 0 Å². The molecule has 0 spiro atoms. The lowest BCUT2D eigenvalue weighted by molar-refractivity contribution is -0.00355. The summed E-state index contributed by atoms with van der Waals surface area (Å²) in [5, 5.41) is 18.0. The Hall–Kier alpha value is -1.50. The molecule has 7 nitrogen and oxygen atoms in total. The van der Waals surface area contributed by atoms with E-state index in [9.17, 15) is 9.59 Å². The van der Waals surface area contributed by atoms with Crippen LogP contribution in [-0.4, -0.2) is 70.1 Å². The van der Waals surface area contributed by atoms with Crippen molar-refractivity contribution in [2.24, 2.45) is 0 Å². The fraction of sp³-hybridized carbons (Fsp3) is 0.833. The summed E-state index contributed by atoms with van der Waals surface area (Å²) in [6, 6.07) is -0.343. The Bertz CT molecular complexity index is 340. The van der Waals surface area contributed by atoms with E-state index >= 15 is 0 Å². The first-order valence-electron chi connectivity index (χ1n) is 6.33. The summed E-state index contributed by atoms with van der Waals surface area (Å²) in [6.07, 6.45) is -1.13. The van der Waals surface area contributed by atoms with Crippen LogP contribution in [0, 0.1) is 0 Å². The molecule has 1 unspecified atom stereocenters. The average Bonchev–Trinajstić information content (AvgIpc) is 2.26. The van der Waals surface area contributed by atoms with Crippen LogP contribution in [0.25, 0.3) is 0 Å². The van der Waals surface area contributed by atoms with Gasteiger partial charge in [-0.2, -0.15) is 0 Å². The van der Waals surface area contributed by atoms with E-state index in [1.807, 2.05) is 0 Å². The van der Waals surface area contributed by atoms with E-state index < -0.39 is 17.8 Å². The quantitative estimate of drug-likeness (QED) is 0.783. The second-order valence-electron chi connectivity index (χ2n) is 5.57. The van der Waals surface area contributed by atoms with Crippen LogP contribution in [0.15, 0.2) is 0 Å². The summed E-state index contributed by atoms with van der Waals surface area (Å²) in [7, 11) is 0. The van der Waals surface area contributed by atoms with Gasteiger partial charge in [0.15, 0.2) is 0 Å². The van der Waals surface area contributed by atoms with Gasteiger partial charge in [0.05, 0.1) is 6.04 Å². The average molecular weight is 274 g/mol. The van der Waals surface area contributed by atoms with Crippen molar-refractivity contribution in [3.05, 3.63) is 0 Å². The molecule has 0 aromatic heterocycles. The van der Waals surface area contributed by atoms with Crippen LogP contribution in [0.3, 0.4) is 0 Å². The summed E-state index contributed by atoms with van der Waals surface area (Å²) in [5.74, 6) is 0. The predicted molar refractivity (Wildman–Crippen MR) is 68.0 cm³/mol. The molecule has 0 radical (unpaired) electrons. The molecule has 7 heteroatoms. The lowest BCUT2D eigenvalue weighted by atomic mass is 10.1. The maximum Gasteiger partial charge on any atom is 0.410 e. The van der Waals surface area contributed by atoms with Crippen LogP contribution in [-0.2, 0) is 4.74 Å². The molecule has 0 bridgehead atoms. The summed E-state index contributed by atoms with van der Waals surface area (Å²) in [4.78, 5) is 25.7. The Morgan fingerprint density at radius 2 is 1.95 bits per heavy atom. The van der Waals surface area contributed by atoms with Gasteiger partial charge in [0.2, 0.25) is 0 Å². The van der Waals surface area contributed by atoms with Gasteiger partial charge in [-0.1, -0.05) is 0 Å². The number of aliphatic hydroxyl groups excluding tert-OH is 1. The van der Waals surface area contributed by atoms with Crippen molar-refractivity contribution in [3.63, 3.8) is 0 Å². The summed E-state index contributed by atoms with van der Waals surface area (Å²) < 4.78 is 5.29. The largest absolute Gasteiger partial charge is 0.465 e. The Morgan fingerprint density at radius 3 is 2.42 bits per heavy atom. The van der Waals surface area contributed by atoms with E-state index in [0.29, 0.717) is 6.42 Å². The molecule has 1 fully saturated rings. The molecule has 1 aliphatic rings. The van der Waals surface area contributed by atoms with Crippen LogP contribution in [0.5, 0.6) is 0 Å². The molecule has 0 saturated carbocycles. The standard InChI is InChI=1S/C12H22N2O5/c1-12(2,3)19-11(18)14-6-5-13(10(16)17)8-9(14)4-7-15/h9,15H,4-8H2,1-3H3,(H,16,17). The topological polar surface area (TPSA) is 90.3 Å². The SMILES string of the molecule is CC(C)(C)OC(=O)N1CCN(C(=O)O)CC1CCO. The summed E-state index contributed by atoms with van der Waals surface area (Å²) in [5.41, 5.74) is -0.592. The van der Waals surface area contributed by atoms with Crippen LogP contribution < -0.4 is 0 Å². The lowest BCUT2D eigenvalue weighted by Gasteiger charge is -2.40. The Morgan fingerprint density at radius 1 is 1.32 bits per heavy atom. The lowest BCUT2D eigenvalue weighted by Crippen LogP contribution is -2.57. The van der Waals surface area contributed by atoms with Crippen molar-refractivity contribution in [2.45, 2.75) is 38.8 Å². The van der Waals surface area contributed by atoms with E-state index in [4.69, 9.17) is 14.9 Å². The second-order valence-corrected chi connectivity index (χ2v) is 5.57. The van der Waals surface area contributed by atoms with Crippen molar-refractivity contribution in [1.82, 2.24) is 9.80 Å². The molecule has 1 aliphatic heterocycles. The van der Waals surface area contributed by atoms with E-state index in [-0.39, 0.29) is 32.3 Å². The van der Waals surface area contributed by atoms with E-state index in [1.54, 1.807) is 20.8 Å². The van der Waals surface area contributed by atoms with Gasteiger partial charge in [0.1, 0.15) is 5.60 Å². The molecule has 2 amide bonds. The molecule has 1 heterocycles. The van der Waals surface area contributed by atoms with Gasteiger partial charge in [0, 0.05) is 26.2 Å². The number of carboxylic acid groups (broad SMARTS) is 1. The van der Waals surface area contributed by atoms with Crippen molar-refractivity contribution >= 4 is 12.2 Å². The number of amides is 2. The van der Waals surface area contributed by atoms with Crippen molar-refractivity contribution in [1.29, 1.82) is 0 Å². The third-order valence-corrected chi connectivity index (χ3v) is 2.84. The van der Waals surface area contributed by atoms with Gasteiger partial charge in [-0.15, -0.1) is 0 Å². The van der Waals surface area contributed by atoms with E-state index in [2.05, 4.69) is 0 Å². The normalized spacial score (nSPS) is 20.3. The molecular weight excluding hydrogens is 252 g/mol. The molecule has 1 saturated heterocycles. The predicted octanol–water partition coefficient (Wildman–Crippen LogP) is 0.968. The first kappa shape index (κ1) is 15.6. The van der Waals surface area contributed by atoms with Crippen LogP contribution in [0.1, 0.15) is 27.2 Å². The fourth-order valence-corrected chi connectivity index (χ4v) is 1.99. The number of carbonyl (C=O) groups excluding carboxylic acids is 1. The van der Waals surface area contributed by atoms with Gasteiger partial charge in [-0.3, -0.25) is 0 Å². The summed E-state index contributed by atoms with van der Waals surface area (Å²) >= 11 is 0. The smallest absolute Gasteiger partial charge is 0.410 e. The van der Waals surface area contributed by atoms with Gasteiger partial charge >= 0.3 is 12.2 Å². The zero-order chi connectivity index (χ0) is 14.6. The molecule has 110 valence electrons. The van der Waals surface area contributed by atoms with Crippen LogP contribution in [0.4, 0.5) is 9.59 Å². The third-order valence-electron chi connectivity index (χ3n) is 2.84. The van der Waals surface area contributed by atoms with Gasteiger partial charge in [-0.05, 0) is 27.2 Å². The zero-order valence-electron chi connectivity index (χ0n) is 11.6. The first-order chi connectivity index (χ1) is 8.74. The van der Waals surface area contributed by atoms with Gasteiger partial charge in [-0.25, -0.2) is 9.59 Å². The summed E-state index contributed by atoms with van der Waals surface area (Å²) in [6.45, 7) is 5.98. The monoisotopic (exact) mass is 274 g/mol. The first-order valence-corrected chi connectivity index (χ1v) is 6.33. The molecule has 1 rings (SSSR count). The number of rotatable bonds is 2. The minimum Gasteiger partial charge on any atom is -0.465 e. The van der Waals surface area contributed by atoms with Gasteiger partial charge < -0.3 is 24.7 Å².